The number of hydrogen-bond acceptors (Lipinski definition) is 4. The van der Waals surface area contributed by atoms with Gasteiger partial charge in [-0.05, 0) is 31.6 Å². The number of para-hydroxylation sites is 2. The first-order valence-electron chi connectivity index (χ1n) is 10.9. The Labute approximate surface area is 184 Å². The van der Waals surface area contributed by atoms with E-state index >= 15 is 0 Å². The number of nitrogens with zero attached hydrogens (tertiary/aromatic N) is 4. The van der Waals surface area contributed by atoms with Gasteiger partial charge in [-0.1, -0.05) is 55.1 Å². The summed E-state index contributed by atoms with van der Waals surface area (Å²) in [6, 6.07) is 18.9. The maximum atomic E-state index is 8.84. The quantitative estimate of drug-likeness (QED) is 0.296. The highest BCUT2D eigenvalue weighted by Gasteiger charge is 2.22. The predicted molar refractivity (Wildman–Crippen MR) is 129 cm³/mol. The first-order chi connectivity index (χ1) is 15.2. The summed E-state index contributed by atoms with van der Waals surface area (Å²) in [5.74, 6) is 0. The summed E-state index contributed by atoms with van der Waals surface area (Å²) >= 11 is 0. The molecule has 0 spiro atoms. The van der Waals surface area contributed by atoms with Gasteiger partial charge in [0.1, 0.15) is 0 Å². The molecule has 2 heterocycles. The number of aromatic nitrogens is 1. The van der Waals surface area contributed by atoms with Crippen LogP contribution in [0.1, 0.15) is 25.3 Å². The van der Waals surface area contributed by atoms with Gasteiger partial charge in [0.2, 0.25) is 0 Å². The highest BCUT2D eigenvalue weighted by atomic mass is 15.3. The van der Waals surface area contributed by atoms with Crippen LogP contribution in [0, 0.1) is 11.3 Å². The van der Waals surface area contributed by atoms with Crippen molar-refractivity contribution < 1.29 is 0 Å². The Bertz CT molecular complexity index is 1140. The van der Waals surface area contributed by atoms with Gasteiger partial charge in [0.05, 0.1) is 17.1 Å². The monoisotopic (exact) mass is 408 g/mol. The van der Waals surface area contributed by atoms with E-state index in [0.29, 0.717) is 6.42 Å². The first-order valence-corrected chi connectivity index (χ1v) is 10.9. The number of hydrogen-bond donors (Lipinski definition) is 0. The summed E-state index contributed by atoms with van der Waals surface area (Å²) in [6.07, 6.45) is 7.74. The molecule has 0 N–H and O–H groups in total. The fraction of sp³-hybridized carbons (Fsp3) is 0.259. The van der Waals surface area contributed by atoms with E-state index in [1.807, 2.05) is 19.1 Å². The van der Waals surface area contributed by atoms with Gasteiger partial charge >= 0.3 is 0 Å². The Morgan fingerprint density at radius 3 is 2.16 bits per heavy atom. The highest BCUT2D eigenvalue weighted by Crippen LogP contribution is 2.33. The van der Waals surface area contributed by atoms with Crippen LogP contribution in [0.4, 0.5) is 0 Å². The normalized spacial score (nSPS) is 15.0. The van der Waals surface area contributed by atoms with Gasteiger partial charge in [0, 0.05) is 60.3 Å². The van der Waals surface area contributed by atoms with Crippen molar-refractivity contribution in [1.29, 1.82) is 5.26 Å². The zero-order valence-corrected chi connectivity index (χ0v) is 18.1. The Kier molecular flexibility index (Phi) is 6.33. The number of allylic oxidation sites excluding steroid dienone is 3. The number of piperazine rings is 1. The third-order valence-corrected chi connectivity index (χ3v) is 5.85. The van der Waals surface area contributed by atoms with Crippen LogP contribution in [-0.4, -0.2) is 41.0 Å². The minimum absolute atomic E-state index is 0.556. The zero-order valence-electron chi connectivity index (χ0n) is 18.1. The van der Waals surface area contributed by atoms with Gasteiger partial charge in [-0.15, -0.1) is 0 Å². The van der Waals surface area contributed by atoms with Crippen molar-refractivity contribution in [3.63, 3.8) is 0 Å². The molecule has 1 saturated heterocycles. The average molecular weight is 409 g/mol. The van der Waals surface area contributed by atoms with Crippen molar-refractivity contribution in [2.45, 2.75) is 19.8 Å². The molecular formula is C27H28N4. The van der Waals surface area contributed by atoms with Gasteiger partial charge in [0.25, 0.3) is 0 Å². The van der Waals surface area contributed by atoms with Crippen LogP contribution in [0.3, 0.4) is 0 Å². The molecule has 3 aromatic rings. The summed E-state index contributed by atoms with van der Waals surface area (Å²) in [7, 11) is 0. The maximum absolute atomic E-state index is 8.84. The van der Waals surface area contributed by atoms with Crippen LogP contribution in [0.25, 0.3) is 27.5 Å². The number of benzene rings is 2. The largest absolute Gasteiger partial charge is 0.368 e. The van der Waals surface area contributed by atoms with E-state index in [-0.39, 0.29) is 0 Å². The molecule has 0 saturated carbocycles. The van der Waals surface area contributed by atoms with Crippen LogP contribution in [0.15, 0.2) is 79.0 Å². The summed E-state index contributed by atoms with van der Waals surface area (Å²) in [5, 5.41) is 11.1. The molecule has 1 aliphatic heterocycles. The summed E-state index contributed by atoms with van der Waals surface area (Å²) in [5.41, 5.74) is 5.48. The molecular weight excluding hydrogens is 380 g/mol. The molecule has 0 bridgehead atoms. The first kappa shape index (κ1) is 20.7. The Morgan fingerprint density at radius 1 is 1.00 bits per heavy atom. The number of pyridine rings is 1. The summed E-state index contributed by atoms with van der Waals surface area (Å²) in [6.45, 7) is 10.3. The van der Waals surface area contributed by atoms with E-state index in [1.165, 1.54) is 11.3 Å². The summed E-state index contributed by atoms with van der Waals surface area (Å²) in [4.78, 5) is 9.65. The van der Waals surface area contributed by atoms with Crippen LogP contribution in [0.5, 0.6) is 0 Å². The second kappa shape index (κ2) is 9.49. The van der Waals surface area contributed by atoms with E-state index in [1.54, 1.807) is 0 Å². The zero-order chi connectivity index (χ0) is 21.6. The lowest BCUT2D eigenvalue weighted by Gasteiger charge is -2.39. The lowest BCUT2D eigenvalue weighted by molar-refractivity contribution is 0.218. The van der Waals surface area contributed by atoms with E-state index in [0.717, 1.165) is 60.1 Å². The van der Waals surface area contributed by atoms with Gasteiger partial charge in [-0.2, -0.15) is 5.26 Å². The van der Waals surface area contributed by atoms with Crippen molar-refractivity contribution in [2.24, 2.45) is 0 Å². The number of rotatable bonds is 6. The molecule has 0 atom stereocenters. The Balaban J connectivity index is 1.60. The lowest BCUT2D eigenvalue weighted by atomic mass is 9.99. The van der Waals surface area contributed by atoms with Crippen LogP contribution in [-0.2, 0) is 0 Å². The maximum Gasteiger partial charge on any atom is 0.0716 e. The second-order valence-electron chi connectivity index (χ2n) is 7.77. The minimum Gasteiger partial charge on any atom is -0.368 e. The lowest BCUT2D eigenvalue weighted by Crippen LogP contribution is -2.44. The Morgan fingerprint density at radius 2 is 1.58 bits per heavy atom. The fourth-order valence-electron chi connectivity index (χ4n) is 4.30. The van der Waals surface area contributed by atoms with Crippen LogP contribution in [0.2, 0.25) is 0 Å². The predicted octanol–water partition coefficient (Wildman–Crippen LogP) is 5.74. The SMILES string of the molecule is C=C(c1c2ccccc2nc2ccccc12)N1CCN(C(/C=C\C)=C/CCC#N)CC1. The molecule has 0 unspecified atom stereocenters. The van der Waals surface area contributed by atoms with Crippen LogP contribution >= 0.6 is 0 Å². The van der Waals surface area contributed by atoms with Crippen molar-refractivity contribution in [2.75, 3.05) is 26.2 Å². The minimum atomic E-state index is 0.556. The number of fused-ring (bicyclic) bond motifs is 2. The van der Waals surface area contributed by atoms with Gasteiger partial charge in [0.15, 0.2) is 0 Å². The molecule has 156 valence electrons. The third-order valence-electron chi connectivity index (χ3n) is 5.85. The highest BCUT2D eigenvalue weighted by molar-refractivity contribution is 6.04. The molecule has 0 radical (unpaired) electrons. The molecule has 4 nitrogen and oxygen atoms in total. The molecule has 1 aliphatic rings. The molecule has 2 aromatic carbocycles. The van der Waals surface area contributed by atoms with Crippen molar-refractivity contribution in [1.82, 2.24) is 14.8 Å². The van der Waals surface area contributed by atoms with Gasteiger partial charge in [-0.3, -0.25) is 0 Å². The van der Waals surface area contributed by atoms with E-state index in [4.69, 9.17) is 10.2 Å². The molecule has 0 amide bonds. The molecule has 1 aromatic heterocycles. The van der Waals surface area contributed by atoms with Crippen LogP contribution < -0.4 is 0 Å². The summed E-state index contributed by atoms with van der Waals surface area (Å²) < 4.78 is 0. The Hall–Kier alpha value is -3.58. The van der Waals surface area contributed by atoms with Crippen molar-refractivity contribution >= 4 is 27.5 Å². The average Bonchev–Trinajstić information content (AvgIpc) is 2.82. The molecule has 4 rings (SSSR count). The van der Waals surface area contributed by atoms with E-state index in [2.05, 4.69) is 77.1 Å². The van der Waals surface area contributed by atoms with Gasteiger partial charge < -0.3 is 9.80 Å². The van der Waals surface area contributed by atoms with E-state index < -0.39 is 0 Å². The molecule has 1 fully saturated rings. The fourth-order valence-corrected chi connectivity index (χ4v) is 4.30. The van der Waals surface area contributed by atoms with Gasteiger partial charge in [-0.25, -0.2) is 4.98 Å². The van der Waals surface area contributed by atoms with E-state index in [9.17, 15) is 0 Å². The molecule has 4 heteroatoms. The number of nitriles is 1. The second-order valence-corrected chi connectivity index (χ2v) is 7.77. The molecule has 0 aliphatic carbocycles. The standard InChI is InChI=1S/C27H28N4/c1-3-10-22(11-8-9-16-28)31-19-17-30(18-20-31)21(2)27-23-12-4-6-14-25(23)29-26-15-7-5-13-24(26)27/h3-7,10-15H,2,8-9,17-20H2,1H3/b10-3-,22-11+. The molecule has 31 heavy (non-hydrogen) atoms. The number of unbranched alkanes of at least 4 members (excludes halogenated alkanes) is 1. The van der Waals surface area contributed by atoms with Crippen molar-refractivity contribution in [3.05, 3.63) is 84.6 Å². The topological polar surface area (TPSA) is 43.2 Å². The van der Waals surface area contributed by atoms with Crippen molar-refractivity contribution in [3.8, 4) is 6.07 Å². The third kappa shape index (κ3) is 4.32. The smallest absolute Gasteiger partial charge is 0.0716 e.